The van der Waals surface area contributed by atoms with Crippen molar-refractivity contribution in [2.75, 3.05) is 20.3 Å². The summed E-state index contributed by atoms with van der Waals surface area (Å²) in [5.74, 6) is -0.718. The van der Waals surface area contributed by atoms with Gasteiger partial charge in [0.1, 0.15) is 11.9 Å². The summed E-state index contributed by atoms with van der Waals surface area (Å²) in [6.45, 7) is 7.66. The number of carbonyl (C=O) groups excluding carboxylic acids is 1. The Morgan fingerprint density at radius 2 is 1.74 bits per heavy atom. The van der Waals surface area contributed by atoms with Gasteiger partial charge in [0.05, 0.1) is 36.1 Å². The molecule has 2 aliphatic rings. The highest BCUT2D eigenvalue weighted by Gasteiger charge is 2.51. The van der Waals surface area contributed by atoms with Gasteiger partial charge in [0.25, 0.3) is 8.32 Å². The third-order valence-electron chi connectivity index (χ3n) is 8.75. The number of amidine groups is 1. The third kappa shape index (κ3) is 6.45. The molecule has 244 valence electrons. The minimum absolute atomic E-state index is 0.0354. The van der Waals surface area contributed by atoms with Crippen LogP contribution in [0.4, 0.5) is 4.39 Å². The largest absolute Gasteiger partial charge is 0.466 e. The SMILES string of the molecule is COC(=O)C1=C(C2CC(CO[Si](c3ccccc3)(c3ccccc3)C(C)(C)C)CO2)NC(c2nccs2)=NC1c1cccc(F)c1Cl. The lowest BCUT2D eigenvalue weighted by Crippen LogP contribution is -2.66. The van der Waals surface area contributed by atoms with E-state index in [0.29, 0.717) is 41.7 Å². The Labute approximate surface area is 284 Å². The average Bonchev–Trinajstić information content (AvgIpc) is 3.79. The van der Waals surface area contributed by atoms with Gasteiger partial charge in [0.2, 0.25) is 0 Å². The van der Waals surface area contributed by atoms with E-state index in [2.05, 4.69) is 79.6 Å². The molecule has 6 rings (SSSR count). The molecule has 1 fully saturated rings. The zero-order valence-electron chi connectivity index (χ0n) is 26.7. The number of nitrogens with one attached hydrogen (secondary N) is 1. The smallest absolute Gasteiger partial charge is 0.338 e. The standard InChI is InChI=1S/C36H37ClFN3O4SSi/c1-36(2,3)47(24-12-7-5-8-13-24,25-14-9-6-10-15-25)45-22-23-20-28(44-21-23)32-29(35(42)43-4)31(26-16-11-17-27(38)30(26)37)40-33(41-32)34-39-18-19-46-34/h5-19,23,28,31H,20-22H2,1-4H3,(H,40,41). The lowest BCUT2D eigenvalue weighted by Gasteiger charge is -2.43. The summed E-state index contributed by atoms with van der Waals surface area (Å²) in [6, 6.07) is 24.6. The molecule has 3 heterocycles. The molecular weight excluding hydrogens is 653 g/mol. The second-order valence-electron chi connectivity index (χ2n) is 12.7. The predicted octanol–water partition coefficient (Wildman–Crippen LogP) is 6.44. The van der Waals surface area contributed by atoms with Crippen molar-refractivity contribution in [1.29, 1.82) is 0 Å². The number of aliphatic imine (C=N–C) groups is 1. The first-order valence-electron chi connectivity index (χ1n) is 15.5. The lowest BCUT2D eigenvalue weighted by molar-refractivity contribution is -0.136. The molecule has 0 spiro atoms. The number of aromatic nitrogens is 1. The number of ether oxygens (including phenoxy) is 2. The van der Waals surface area contributed by atoms with Crippen LogP contribution < -0.4 is 15.7 Å². The molecule has 11 heteroatoms. The summed E-state index contributed by atoms with van der Waals surface area (Å²) < 4.78 is 33.6. The Morgan fingerprint density at radius 1 is 1.06 bits per heavy atom. The van der Waals surface area contributed by atoms with Gasteiger partial charge in [-0.1, -0.05) is 105 Å². The Kier molecular flexibility index (Phi) is 9.77. The quantitative estimate of drug-likeness (QED) is 0.161. The molecule has 3 aromatic carbocycles. The monoisotopic (exact) mass is 689 g/mol. The van der Waals surface area contributed by atoms with E-state index in [-0.39, 0.29) is 21.6 Å². The zero-order valence-corrected chi connectivity index (χ0v) is 29.3. The highest BCUT2D eigenvalue weighted by atomic mass is 35.5. The minimum atomic E-state index is -2.76. The number of benzene rings is 3. The van der Waals surface area contributed by atoms with Gasteiger partial charge < -0.3 is 19.2 Å². The van der Waals surface area contributed by atoms with E-state index in [1.807, 2.05) is 17.5 Å². The van der Waals surface area contributed by atoms with Crippen molar-refractivity contribution in [2.24, 2.45) is 10.9 Å². The van der Waals surface area contributed by atoms with E-state index >= 15 is 0 Å². The summed E-state index contributed by atoms with van der Waals surface area (Å²) in [5, 5.41) is 7.95. The fourth-order valence-corrected chi connectivity index (χ4v) is 12.0. The molecule has 1 saturated heterocycles. The van der Waals surface area contributed by atoms with E-state index < -0.39 is 32.2 Å². The number of methoxy groups -OCH3 is 1. The fourth-order valence-electron chi connectivity index (χ4n) is 6.57. The summed E-state index contributed by atoms with van der Waals surface area (Å²) in [6.07, 6.45) is 1.75. The number of thiazole rings is 1. The number of rotatable bonds is 9. The Morgan fingerprint density at radius 3 is 2.34 bits per heavy atom. The maximum atomic E-state index is 14.7. The Hall–Kier alpha value is -3.67. The van der Waals surface area contributed by atoms with E-state index in [1.54, 1.807) is 18.3 Å². The number of halogens is 2. The van der Waals surface area contributed by atoms with E-state index in [0.717, 1.165) is 0 Å². The zero-order chi connectivity index (χ0) is 33.2. The Bertz CT molecular complexity index is 1740. The molecule has 47 heavy (non-hydrogen) atoms. The van der Waals surface area contributed by atoms with Crippen molar-refractivity contribution < 1.29 is 23.1 Å². The maximum Gasteiger partial charge on any atom is 0.338 e. The average molecular weight is 690 g/mol. The van der Waals surface area contributed by atoms with Gasteiger partial charge in [-0.25, -0.2) is 14.2 Å². The molecule has 0 bridgehead atoms. The van der Waals surface area contributed by atoms with Gasteiger partial charge in [0.15, 0.2) is 10.8 Å². The third-order valence-corrected chi connectivity index (χ3v) is 14.9. The molecular formula is C36H37ClFN3O4SSi. The first kappa shape index (κ1) is 33.2. The first-order chi connectivity index (χ1) is 22.6. The van der Waals surface area contributed by atoms with Crippen LogP contribution in [0.1, 0.15) is 43.8 Å². The van der Waals surface area contributed by atoms with Crippen LogP contribution >= 0.6 is 22.9 Å². The van der Waals surface area contributed by atoms with Gasteiger partial charge >= 0.3 is 5.97 Å². The summed E-state index contributed by atoms with van der Waals surface area (Å²) in [7, 11) is -1.45. The fraction of sp³-hybridized carbons (Fsp3) is 0.306. The molecule has 7 nitrogen and oxygen atoms in total. The van der Waals surface area contributed by atoms with Gasteiger partial charge in [-0.15, -0.1) is 11.3 Å². The molecule has 0 radical (unpaired) electrons. The number of hydrogen-bond acceptors (Lipinski definition) is 8. The molecule has 3 atom stereocenters. The molecule has 0 amide bonds. The second-order valence-corrected chi connectivity index (χ2v) is 18.3. The molecule has 0 saturated carbocycles. The predicted molar refractivity (Wildman–Crippen MR) is 186 cm³/mol. The van der Waals surface area contributed by atoms with Gasteiger partial charge in [0, 0.05) is 29.7 Å². The number of hydrogen-bond donors (Lipinski definition) is 1. The molecule has 3 unspecified atom stereocenters. The van der Waals surface area contributed by atoms with Crippen LogP contribution in [-0.2, 0) is 18.7 Å². The van der Waals surface area contributed by atoms with E-state index in [9.17, 15) is 9.18 Å². The van der Waals surface area contributed by atoms with Crippen LogP contribution in [-0.4, -0.2) is 51.5 Å². The summed E-state index contributed by atoms with van der Waals surface area (Å²) >= 11 is 7.87. The number of esters is 1. The summed E-state index contributed by atoms with van der Waals surface area (Å²) in [5.41, 5.74) is 1.08. The van der Waals surface area contributed by atoms with Crippen molar-refractivity contribution in [3.8, 4) is 0 Å². The number of carbonyl (C=O) groups is 1. The first-order valence-corrected chi connectivity index (χ1v) is 18.7. The second kappa shape index (κ2) is 13.8. The van der Waals surface area contributed by atoms with E-state index in [1.165, 1.54) is 34.9 Å². The normalized spacial score (nSPS) is 20.1. The molecule has 0 aliphatic carbocycles. The minimum Gasteiger partial charge on any atom is -0.466 e. The Balaban J connectivity index is 1.35. The van der Waals surface area contributed by atoms with Crippen molar-refractivity contribution in [1.82, 2.24) is 10.3 Å². The van der Waals surface area contributed by atoms with Crippen molar-refractivity contribution in [2.45, 2.75) is 44.4 Å². The van der Waals surface area contributed by atoms with Gasteiger partial charge in [-0.05, 0) is 27.9 Å². The topological polar surface area (TPSA) is 82.0 Å². The van der Waals surface area contributed by atoms with Crippen molar-refractivity contribution >= 4 is 53.4 Å². The van der Waals surface area contributed by atoms with Gasteiger partial charge in [-0.2, -0.15) is 0 Å². The summed E-state index contributed by atoms with van der Waals surface area (Å²) in [4.78, 5) is 22.7. The van der Waals surface area contributed by atoms with Crippen LogP contribution in [0.3, 0.4) is 0 Å². The highest BCUT2D eigenvalue weighted by molar-refractivity contribution is 7.11. The van der Waals surface area contributed by atoms with E-state index in [4.69, 9.17) is 30.5 Å². The van der Waals surface area contributed by atoms with Gasteiger partial charge in [-0.3, -0.25) is 4.99 Å². The molecule has 1 aromatic heterocycles. The maximum absolute atomic E-state index is 14.7. The van der Waals surface area contributed by atoms with Crippen LogP contribution in [0.15, 0.2) is 107 Å². The lowest BCUT2D eigenvalue weighted by atomic mass is 9.92. The van der Waals surface area contributed by atoms with Crippen LogP contribution in [0, 0.1) is 11.7 Å². The van der Waals surface area contributed by atoms with Crippen LogP contribution in [0.25, 0.3) is 0 Å². The van der Waals surface area contributed by atoms with Crippen molar-refractivity contribution in [3.63, 3.8) is 0 Å². The molecule has 2 aliphatic heterocycles. The van der Waals surface area contributed by atoms with Crippen LogP contribution in [0.2, 0.25) is 10.1 Å². The van der Waals surface area contributed by atoms with Crippen molar-refractivity contribution in [3.05, 3.63) is 123 Å². The molecule has 1 N–H and O–H groups in total. The molecule has 4 aromatic rings. The number of nitrogens with zero attached hydrogens (tertiary/aromatic N) is 2. The highest BCUT2D eigenvalue weighted by Crippen LogP contribution is 2.41. The van der Waals surface area contributed by atoms with Crippen LogP contribution in [0.5, 0.6) is 0 Å².